The SMILES string of the molecule is COC(=O)Nc1cc(OC)ccc1I. The molecule has 0 aliphatic rings. The van der Waals surface area contributed by atoms with Gasteiger partial charge in [-0.15, -0.1) is 0 Å². The molecule has 14 heavy (non-hydrogen) atoms. The van der Waals surface area contributed by atoms with Crippen molar-refractivity contribution < 1.29 is 14.3 Å². The third-order valence-corrected chi connectivity index (χ3v) is 2.54. The highest BCUT2D eigenvalue weighted by molar-refractivity contribution is 14.1. The van der Waals surface area contributed by atoms with E-state index >= 15 is 0 Å². The number of methoxy groups -OCH3 is 2. The maximum atomic E-state index is 11.0. The number of halogens is 1. The van der Waals surface area contributed by atoms with Crippen molar-refractivity contribution in [1.29, 1.82) is 0 Å². The summed E-state index contributed by atoms with van der Waals surface area (Å²) in [6.45, 7) is 0. The zero-order valence-electron chi connectivity index (χ0n) is 7.83. The number of benzene rings is 1. The molecule has 0 saturated carbocycles. The number of hydrogen-bond acceptors (Lipinski definition) is 3. The molecule has 0 atom stereocenters. The van der Waals surface area contributed by atoms with Gasteiger partial charge in [0.15, 0.2) is 0 Å². The predicted octanol–water partition coefficient (Wildman–Crippen LogP) is 2.48. The topological polar surface area (TPSA) is 47.6 Å². The van der Waals surface area contributed by atoms with E-state index in [1.807, 2.05) is 12.1 Å². The van der Waals surface area contributed by atoms with Gasteiger partial charge in [0.05, 0.1) is 19.9 Å². The Kier molecular flexibility index (Phi) is 3.99. The molecule has 0 bridgehead atoms. The molecule has 0 saturated heterocycles. The monoisotopic (exact) mass is 307 g/mol. The molecule has 1 N–H and O–H groups in total. The molecule has 76 valence electrons. The summed E-state index contributed by atoms with van der Waals surface area (Å²) in [5.74, 6) is 0.691. The quantitative estimate of drug-likeness (QED) is 0.854. The molecule has 0 aromatic heterocycles. The van der Waals surface area contributed by atoms with Crippen molar-refractivity contribution in [2.75, 3.05) is 19.5 Å². The Balaban J connectivity index is 2.89. The number of anilines is 1. The number of carbonyl (C=O) groups is 1. The van der Waals surface area contributed by atoms with Crippen molar-refractivity contribution in [3.05, 3.63) is 21.8 Å². The van der Waals surface area contributed by atoms with Gasteiger partial charge in [-0.2, -0.15) is 0 Å². The number of ether oxygens (including phenoxy) is 2. The molecule has 1 aromatic carbocycles. The fraction of sp³-hybridized carbons (Fsp3) is 0.222. The van der Waals surface area contributed by atoms with Gasteiger partial charge in [0.25, 0.3) is 0 Å². The first-order chi connectivity index (χ1) is 6.67. The summed E-state index contributed by atoms with van der Waals surface area (Å²) in [5.41, 5.74) is 0.678. The Morgan fingerprint density at radius 1 is 1.43 bits per heavy atom. The molecule has 4 nitrogen and oxygen atoms in total. The van der Waals surface area contributed by atoms with Gasteiger partial charge < -0.3 is 9.47 Å². The van der Waals surface area contributed by atoms with Crippen molar-refractivity contribution in [3.8, 4) is 5.75 Å². The molecule has 1 rings (SSSR count). The minimum Gasteiger partial charge on any atom is -0.497 e. The van der Waals surface area contributed by atoms with Gasteiger partial charge in [-0.3, -0.25) is 5.32 Å². The smallest absolute Gasteiger partial charge is 0.411 e. The lowest BCUT2D eigenvalue weighted by Crippen LogP contribution is -2.11. The van der Waals surface area contributed by atoms with Crippen molar-refractivity contribution in [2.45, 2.75) is 0 Å². The summed E-state index contributed by atoms with van der Waals surface area (Å²) < 4.78 is 10.4. The van der Waals surface area contributed by atoms with Crippen LogP contribution in [0.4, 0.5) is 10.5 Å². The molecule has 0 heterocycles. The predicted molar refractivity (Wildman–Crippen MR) is 61.7 cm³/mol. The van der Waals surface area contributed by atoms with Gasteiger partial charge in [-0.05, 0) is 34.7 Å². The first kappa shape index (κ1) is 11.1. The van der Waals surface area contributed by atoms with Crippen molar-refractivity contribution >= 4 is 34.4 Å². The standard InChI is InChI=1S/C9H10INO3/c1-13-6-3-4-7(10)8(5-6)11-9(12)14-2/h3-5H,1-2H3,(H,11,12). The summed E-state index contributed by atoms with van der Waals surface area (Å²) in [6, 6.07) is 5.41. The summed E-state index contributed by atoms with van der Waals surface area (Å²) in [4.78, 5) is 11.0. The van der Waals surface area contributed by atoms with Crippen LogP contribution in [0.1, 0.15) is 0 Å². The normalized spacial score (nSPS) is 9.36. The average molecular weight is 307 g/mol. The molecule has 0 spiro atoms. The first-order valence-electron chi connectivity index (χ1n) is 3.86. The van der Waals surface area contributed by atoms with E-state index in [1.165, 1.54) is 7.11 Å². The van der Waals surface area contributed by atoms with Gasteiger partial charge >= 0.3 is 6.09 Å². The van der Waals surface area contributed by atoms with Gasteiger partial charge in [-0.25, -0.2) is 4.79 Å². The Labute approximate surface area is 95.7 Å². The molecule has 1 aromatic rings. The second kappa shape index (κ2) is 5.04. The van der Waals surface area contributed by atoms with Gasteiger partial charge in [0.2, 0.25) is 0 Å². The van der Waals surface area contributed by atoms with Crippen LogP contribution in [0, 0.1) is 3.57 Å². The van der Waals surface area contributed by atoms with E-state index in [4.69, 9.17) is 4.74 Å². The highest BCUT2D eigenvalue weighted by Crippen LogP contribution is 2.23. The van der Waals surface area contributed by atoms with Crippen LogP contribution in [0.5, 0.6) is 5.75 Å². The van der Waals surface area contributed by atoms with Crippen LogP contribution in [0.3, 0.4) is 0 Å². The molecule has 5 heteroatoms. The van der Waals surface area contributed by atoms with Gasteiger partial charge in [0, 0.05) is 9.64 Å². The summed E-state index contributed by atoms with van der Waals surface area (Å²) >= 11 is 2.12. The zero-order chi connectivity index (χ0) is 10.6. The van der Waals surface area contributed by atoms with Crippen LogP contribution < -0.4 is 10.1 Å². The third-order valence-electron chi connectivity index (χ3n) is 1.60. The van der Waals surface area contributed by atoms with Crippen LogP contribution in [0.25, 0.3) is 0 Å². The van der Waals surface area contributed by atoms with E-state index in [0.717, 1.165) is 3.57 Å². The molecule has 0 fully saturated rings. The van der Waals surface area contributed by atoms with E-state index in [9.17, 15) is 4.79 Å². The van der Waals surface area contributed by atoms with Crippen LogP contribution in [0.2, 0.25) is 0 Å². The van der Waals surface area contributed by atoms with E-state index in [2.05, 4.69) is 32.6 Å². The van der Waals surface area contributed by atoms with Crippen LogP contribution in [-0.2, 0) is 4.74 Å². The lowest BCUT2D eigenvalue weighted by molar-refractivity contribution is 0.187. The lowest BCUT2D eigenvalue weighted by Gasteiger charge is -2.07. The van der Waals surface area contributed by atoms with E-state index in [0.29, 0.717) is 11.4 Å². The fourth-order valence-electron chi connectivity index (χ4n) is 0.888. The maximum Gasteiger partial charge on any atom is 0.411 e. The fourth-order valence-corrected chi connectivity index (χ4v) is 1.36. The lowest BCUT2D eigenvalue weighted by atomic mass is 10.3. The van der Waals surface area contributed by atoms with Crippen molar-refractivity contribution in [1.82, 2.24) is 0 Å². The highest BCUT2D eigenvalue weighted by atomic mass is 127. The Hall–Kier alpha value is -0.980. The second-order valence-electron chi connectivity index (χ2n) is 2.46. The number of hydrogen-bond donors (Lipinski definition) is 1. The van der Waals surface area contributed by atoms with E-state index in [1.54, 1.807) is 13.2 Å². The van der Waals surface area contributed by atoms with Gasteiger partial charge in [0.1, 0.15) is 5.75 Å². The first-order valence-corrected chi connectivity index (χ1v) is 4.93. The van der Waals surface area contributed by atoms with Crippen LogP contribution in [0.15, 0.2) is 18.2 Å². The largest absolute Gasteiger partial charge is 0.497 e. The molecular weight excluding hydrogens is 297 g/mol. The summed E-state index contributed by atoms with van der Waals surface area (Å²) in [6.07, 6.45) is -0.490. The van der Waals surface area contributed by atoms with Crippen LogP contribution in [-0.4, -0.2) is 20.3 Å². The minimum atomic E-state index is -0.490. The Bertz CT molecular complexity index is 341. The maximum absolute atomic E-state index is 11.0. The Morgan fingerprint density at radius 3 is 2.71 bits per heavy atom. The zero-order valence-corrected chi connectivity index (χ0v) is 9.99. The average Bonchev–Trinajstić information content (AvgIpc) is 2.21. The molecule has 1 amide bonds. The van der Waals surface area contributed by atoms with E-state index in [-0.39, 0.29) is 0 Å². The molecule has 0 unspecified atom stereocenters. The van der Waals surface area contributed by atoms with E-state index < -0.39 is 6.09 Å². The van der Waals surface area contributed by atoms with Crippen molar-refractivity contribution in [2.24, 2.45) is 0 Å². The Morgan fingerprint density at radius 2 is 2.14 bits per heavy atom. The molecule has 0 radical (unpaired) electrons. The molecular formula is C9H10INO3. The number of nitrogens with one attached hydrogen (secondary N) is 1. The molecule has 0 aliphatic heterocycles. The van der Waals surface area contributed by atoms with Crippen molar-refractivity contribution in [3.63, 3.8) is 0 Å². The number of carbonyl (C=O) groups excluding carboxylic acids is 1. The summed E-state index contributed by atoms with van der Waals surface area (Å²) in [5, 5.41) is 2.59. The third kappa shape index (κ3) is 2.76. The number of rotatable bonds is 2. The highest BCUT2D eigenvalue weighted by Gasteiger charge is 2.05. The molecule has 0 aliphatic carbocycles. The number of amides is 1. The van der Waals surface area contributed by atoms with Crippen LogP contribution >= 0.6 is 22.6 Å². The second-order valence-corrected chi connectivity index (χ2v) is 3.62. The van der Waals surface area contributed by atoms with Gasteiger partial charge in [-0.1, -0.05) is 0 Å². The minimum absolute atomic E-state index is 0.490. The summed E-state index contributed by atoms with van der Waals surface area (Å²) in [7, 11) is 2.90.